The first-order valence-corrected chi connectivity index (χ1v) is 7.61. The van der Waals surface area contributed by atoms with Gasteiger partial charge in [0.15, 0.2) is 0 Å². The van der Waals surface area contributed by atoms with Gasteiger partial charge in [-0.2, -0.15) is 0 Å². The molecule has 4 nitrogen and oxygen atoms in total. The van der Waals surface area contributed by atoms with Crippen molar-refractivity contribution in [3.63, 3.8) is 0 Å². The van der Waals surface area contributed by atoms with Crippen LogP contribution in [0.1, 0.15) is 39.0 Å². The van der Waals surface area contributed by atoms with Crippen molar-refractivity contribution in [2.45, 2.75) is 25.8 Å². The normalized spacial score (nSPS) is 18.1. The van der Waals surface area contributed by atoms with E-state index in [2.05, 4.69) is 15.6 Å². The molecule has 1 aliphatic rings. The van der Waals surface area contributed by atoms with Crippen LogP contribution in [-0.4, -0.2) is 17.4 Å². The second-order valence-corrected chi connectivity index (χ2v) is 6.14. The standard InChI is InChI=1S/C15H17N3OS/c1-10-4-7-14(17-9-10)18-15(19)13-6-5-12(20-13)11-3-2-8-16-11/h4-7,9,11,16H,2-3,8H2,1H3,(H,17,18,19). The van der Waals surface area contributed by atoms with Crippen molar-refractivity contribution in [1.29, 1.82) is 0 Å². The molecule has 0 spiro atoms. The molecule has 1 amide bonds. The fourth-order valence-corrected chi connectivity index (χ4v) is 3.32. The number of nitrogens with one attached hydrogen (secondary N) is 2. The third-order valence-corrected chi connectivity index (χ3v) is 4.60. The van der Waals surface area contributed by atoms with Crippen LogP contribution in [0.5, 0.6) is 0 Å². The summed E-state index contributed by atoms with van der Waals surface area (Å²) in [4.78, 5) is 18.3. The topological polar surface area (TPSA) is 54.0 Å². The van der Waals surface area contributed by atoms with Gasteiger partial charge in [0, 0.05) is 17.1 Å². The van der Waals surface area contributed by atoms with Crippen LogP contribution in [0.4, 0.5) is 5.82 Å². The number of aromatic nitrogens is 1. The number of nitrogens with zero attached hydrogens (tertiary/aromatic N) is 1. The lowest BCUT2D eigenvalue weighted by Crippen LogP contribution is -2.12. The third kappa shape index (κ3) is 2.89. The Morgan fingerprint density at radius 1 is 1.40 bits per heavy atom. The average Bonchev–Trinajstić information content (AvgIpc) is 3.11. The molecular weight excluding hydrogens is 270 g/mol. The van der Waals surface area contributed by atoms with E-state index in [1.54, 1.807) is 17.5 Å². The average molecular weight is 287 g/mol. The molecular formula is C15H17N3OS. The molecule has 0 aliphatic carbocycles. The van der Waals surface area contributed by atoms with E-state index < -0.39 is 0 Å². The molecule has 3 rings (SSSR count). The van der Waals surface area contributed by atoms with E-state index in [-0.39, 0.29) is 5.91 Å². The maximum Gasteiger partial charge on any atom is 0.266 e. The zero-order valence-electron chi connectivity index (χ0n) is 11.3. The molecule has 1 unspecified atom stereocenters. The van der Waals surface area contributed by atoms with Crippen LogP contribution >= 0.6 is 11.3 Å². The molecule has 5 heteroatoms. The molecule has 0 radical (unpaired) electrons. The van der Waals surface area contributed by atoms with Crippen molar-refractivity contribution in [2.75, 3.05) is 11.9 Å². The summed E-state index contributed by atoms with van der Waals surface area (Å²) in [5.74, 6) is 0.505. The first-order chi connectivity index (χ1) is 9.72. The van der Waals surface area contributed by atoms with E-state index in [9.17, 15) is 4.79 Å². The maximum atomic E-state index is 12.2. The van der Waals surface area contributed by atoms with Crippen molar-refractivity contribution in [1.82, 2.24) is 10.3 Å². The molecule has 2 aromatic rings. The second kappa shape index (κ2) is 5.73. The first kappa shape index (κ1) is 13.3. The van der Waals surface area contributed by atoms with Gasteiger partial charge in [-0.05, 0) is 50.1 Å². The van der Waals surface area contributed by atoms with Crippen molar-refractivity contribution >= 4 is 23.1 Å². The summed E-state index contributed by atoms with van der Waals surface area (Å²) in [5.41, 5.74) is 1.08. The van der Waals surface area contributed by atoms with E-state index in [1.165, 1.54) is 11.3 Å². The summed E-state index contributed by atoms with van der Waals surface area (Å²) >= 11 is 1.56. The summed E-state index contributed by atoms with van der Waals surface area (Å²) in [6.07, 6.45) is 4.11. The summed E-state index contributed by atoms with van der Waals surface area (Å²) in [6, 6.07) is 8.11. The molecule has 0 saturated carbocycles. The minimum Gasteiger partial charge on any atom is -0.309 e. The molecule has 0 bridgehead atoms. The molecule has 3 heterocycles. The van der Waals surface area contributed by atoms with Crippen LogP contribution < -0.4 is 10.6 Å². The Bertz CT molecular complexity index is 600. The predicted molar refractivity (Wildman–Crippen MR) is 81.2 cm³/mol. The van der Waals surface area contributed by atoms with Crippen LogP contribution in [0.3, 0.4) is 0 Å². The molecule has 20 heavy (non-hydrogen) atoms. The fourth-order valence-electron chi connectivity index (χ4n) is 2.31. The molecule has 1 aliphatic heterocycles. The van der Waals surface area contributed by atoms with E-state index >= 15 is 0 Å². The highest BCUT2D eigenvalue weighted by Gasteiger charge is 2.19. The molecule has 2 aromatic heterocycles. The zero-order valence-corrected chi connectivity index (χ0v) is 12.2. The quantitative estimate of drug-likeness (QED) is 0.912. The number of rotatable bonds is 3. The van der Waals surface area contributed by atoms with Gasteiger partial charge < -0.3 is 10.6 Å². The smallest absolute Gasteiger partial charge is 0.266 e. The summed E-state index contributed by atoms with van der Waals surface area (Å²) < 4.78 is 0. The Kier molecular flexibility index (Phi) is 3.80. The van der Waals surface area contributed by atoms with Gasteiger partial charge in [-0.25, -0.2) is 4.98 Å². The highest BCUT2D eigenvalue weighted by molar-refractivity contribution is 7.14. The van der Waals surface area contributed by atoms with Crippen LogP contribution in [0.2, 0.25) is 0 Å². The predicted octanol–water partition coefficient (Wildman–Crippen LogP) is 3.13. The number of carbonyl (C=O) groups excluding carboxylic acids is 1. The monoisotopic (exact) mass is 287 g/mol. The van der Waals surface area contributed by atoms with Gasteiger partial charge >= 0.3 is 0 Å². The van der Waals surface area contributed by atoms with Gasteiger partial charge in [0.05, 0.1) is 4.88 Å². The number of hydrogen-bond donors (Lipinski definition) is 2. The Morgan fingerprint density at radius 2 is 2.30 bits per heavy atom. The number of hydrogen-bond acceptors (Lipinski definition) is 4. The Morgan fingerprint density at radius 3 is 3.00 bits per heavy atom. The lowest BCUT2D eigenvalue weighted by molar-refractivity contribution is 0.103. The van der Waals surface area contributed by atoms with E-state index in [4.69, 9.17) is 0 Å². The first-order valence-electron chi connectivity index (χ1n) is 6.79. The Labute approximate surface area is 122 Å². The Hall–Kier alpha value is -1.72. The minimum atomic E-state index is -0.0874. The lowest BCUT2D eigenvalue weighted by Gasteiger charge is -2.06. The zero-order chi connectivity index (χ0) is 13.9. The summed E-state index contributed by atoms with van der Waals surface area (Å²) in [5, 5.41) is 6.28. The van der Waals surface area contributed by atoms with Gasteiger partial charge in [0.1, 0.15) is 5.82 Å². The molecule has 1 atom stereocenters. The van der Waals surface area contributed by atoms with E-state index in [1.807, 2.05) is 31.2 Å². The summed E-state index contributed by atoms with van der Waals surface area (Å²) in [7, 11) is 0. The Balaban J connectivity index is 1.69. The van der Waals surface area contributed by atoms with E-state index in [0.29, 0.717) is 11.9 Å². The molecule has 1 saturated heterocycles. The fraction of sp³-hybridized carbons (Fsp3) is 0.333. The number of anilines is 1. The van der Waals surface area contributed by atoms with Crippen molar-refractivity contribution in [2.24, 2.45) is 0 Å². The molecule has 1 fully saturated rings. The molecule has 0 aromatic carbocycles. The SMILES string of the molecule is Cc1ccc(NC(=O)c2ccc(C3CCCN3)s2)nc1. The number of pyridine rings is 1. The summed E-state index contributed by atoms with van der Waals surface area (Å²) in [6.45, 7) is 3.04. The van der Waals surface area contributed by atoms with Gasteiger partial charge in [-0.15, -0.1) is 11.3 Å². The number of amides is 1. The number of aryl methyl sites for hydroxylation is 1. The van der Waals surface area contributed by atoms with Crippen molar-refractivity contribution in [3.8, 4) is 0 Å². The third-order valence-electron chi connectivity index (χ3n) is 3.41. The van der Waals surface area contributed by atoms with Crippen molar-refractivity contribution < 1.29 is 4.79 Å². The highest BCUT2D eigenvalue weighted by Crippen LogP contribution is 2.29. The number of thiophene rings is 1. The van der Waals surface area contributed by atoms with Crippen LogP contribution in [-0.2, 0) is 0 Å². The van der Waals surface area contributed by atoms with Crippen molar-refractivity contribution in [3.05, 3.63) is 45.8 Å². The van der Waals surface area contributed by atoms with Crippen LogP contribution in [0.15, 0.2) is 30.5 Å². The molecule has 104 valence electrons. The van der Waals surface area contributed by atoms with Crippen LogP contribution in [0, 0.1) is 6.92 Å². The van der Waals surface area contributed by atoms with Crippen LogP contribution in [0.25, 0.3) is 0 Å². The van der Waals surface area contributed by atoms with Gasteiger partial charge in [0.2, 0.25) is 0 Å². The largest absolute Gasteiger partial charge is 0.309 e. The van der Waals surface area contributed by atoms with Gasteiger partial charge in [-0.1, -0.05) is 6.07 Å². The maximum absolute atomic E-state index is 12.2. The van der Waals surface area contributed by atoms with E-state index in [0.717, 1.165) is 23.4 Å². The molecule has 2 N–H and O–H groups in total. The van der Waals surface area contributed by atoms with Gasteiger partial charge in [-0.3, -0.25) is 4.79 Å². The minimum absolute atomic E-state index is 0.0874. The van der Waals surface area contributed by atoms with Gasteiger partial charge in [0.25, 0.3) is 5.91 Å². The second-order valence-electron chi connectivity index (χ2n) is 5.03. The lowest BCUT2D eigenvalue weighted by atomic mass is 10.2. The number of carbonyl (C=O) groups is 1. The highest BCUT2D eigenvalue weighted by atomic mass is 32.1.